The van der Waals surface area contributed by atoms with Gasteiger partial charge in [0.25, 0.3) is 5.56 Å². The summed E-state index contributed by atoms with van der Waals surface area (Å²) in [4.78, 5) is 49.9. The van der Waals surface area contributed by atoms with Crippen molar-refractivity contribution in [3.05, 3.63) is 27.2 Å². The van der Waals surface area contributed by atoms with Crippen LogP contribution in [0.3, 0.4) is 0 Å². The number of carbonyl (C=O) groups is 2. The molecule has 0 radical (unpaired) electrons. The van der Waals surface area contributed by atoms with Crippen LogP contribution in [0.4, 0.5) is 0 Å². The Balaban J connectivity index is 0.000000239. The standard InChI is InChI=1S/C7H8N4O2.C6H10O3/c1-10-5-4(8-3-9-5)6(12)11(2)7(10)13;1-3-4-6(8)9-5(2)7/h3H,1-2H3,(H,8,9);3-4H2,1-2H3. The van der Waals surface area contributed by atoms with Crippen molar-refractivity contribution in [2.45, 2.75) is 26.7 Å². The second kappa shape index (κ2) is 7.34. The van der Waals surface area contributed by atoms with Crippen molar-refractivity contribution in [2.24, 2.45) is 14.1 Å². The van der Waals surface area contributed by atoms with E-state index in [2.05, 4.69) is 14.7 Å². The maximum Gasteiger partial charge on any atom is 0.332 e. The molecule has 0 saturated heterocycles. The molecule has 22 heavy (non-hydrogen) atoms. The molecule has 1 N–H and O–H groups in total. The van der Waals surface area contributed by atoms with E-state index in [0.29, 0.717) is 24.0 Å². The van der Waals surface area contributed by atoms with Gasteiger partial charge in [-0.15, -0.1) is 0 Å². The minimum absolute atomic E-state index is 0.319. The lowest BCUT2D eigenvalue weighted by Crippen LogP contribution is -2.36. The predicted molar refractivity (Wildman–Crippen MR) is 78.3 cm³/mol. The summed E-state index contributed by atoms with van der Waals surface area (Å²) in [5.74, 6) is -0.974. The fourth-order valence-electron chi connectivity index (χ4n) is 1.68. The SMILES string of the molecule is CCCC(=O)OC(C)=O.Cn1c(=O)c2[nH]cnc2n(C)c1=O. The van der Waals surface area contributed by atoms with Crippen LogP contribution >= 0.6 is 0 Å². The van der Waals surface area contributed by atoms with Gasteiger partial charge in [0.2, 0.25) is 0 Å². The van der Waals surface area contributed by atoms with E-state index in [-0.39, 0.29) is 11.2 Å². The number of ether oxygens (including phenoxy) is 1. The topological polar surface area (TPSA) is 116 Å². The number of hydrogen-bond acceptors (Lipinski definition) is 6. The van der Waals surface area contributed by atoms with Gasteiger partial charge in [0, 0.05) is 27.4 Å². The molecule has 2 aromatic rings. The molecule has 0 aliphatic heterocycles. The van der Waals surface area contributed by atoms with Gasteiger partial charge in [0.15, 0.2) is 5.65 Å². The van der Waals surface area contributed by atoms with Crippen LogP contribution in [-0.4, -0.2) is 31.0 Å². The molecule has 0 spiro atoms. The average molecular weight is 310 g/mol. The molecule has 9 heteroatoms. The van der Waals surface area contributed by atoms with Crippen molar-refractivity contribution in [2.75, 3.05) is 0 Å². The van der Waals surface area contributed by atoms with Gasteiger partial charge >= 0.3 is 17.6 Å². The van der Waals surface area contributed by atoms with Gasteiger partial charge in [-0.3, -0.25) is 23.5 Å². The summed E-state index contributed by atoms with van der Waals surface area (Å²) in [6, 6.07) is 0. The molecular weight excluding hydrogens is 292 g/mol. The molecule has 0 amide bonds. The predicted octanol–water partition coefficient (Wildman–Crippen LogP) is -0.164. The largest absolute Gasteiger partial charge is 0.393 e. The van der Waals surface area contributed by atoms with Crippen molar-refractivity contribution >= 4 is 23.1 Å². The van der Waals surface area contributed by atoms with Crippen molar-refractivity contribution in [1.29, 1.82) is 0 Å². The average Bonchev–Trinajstić information content (AvgIpc) is 2.92. The number of aromatic amines is 1. The molecule has 120 valence electrons. The van der Waals surface area contributed by atoms with Gasteiger partial charge in [0.05, 0.1) is 6.33 Å². The van der Waals surface area contributed by atoms with E-state index in [1.54, 1.807) is 7.05 Å². The number of nitrogens with zero attached hydrogens (tertiary/aromatic N) is 3. The van der Waals surface area contributed by atoms with E-state index < -0.39 is 11.9 Å². The number of H-pyrrole nitrogens is 1. The summed E-state index contributed by atoms with van der Waals surface area (Å²) < 4.78 is 6.58. The maximum atomic E-state index is 11.4. The highest BCUT2D eigenvalue weighted by Gasteiger charge is 2.08. The first kappa shape index (κ1) is 17.3. The monoisotopic (exact) mass is 310 g/mol. The lowest BCUT2D eigenvalue weighted by atomic mass is 10.3. The molecule has 0 aliphatic rings. The van der Waals surface area contributed by atoms with Crippen LogP contribution < -0.4 is 11.2 Å². The lowest BCUT2D eigenvalue weighted by Gasteiger charge is -2.00. The molecule has 0 aromatic carbocycles. The fraction of sp³-hybridized carbons (Fsp3) is 0.462. The normalized spacial score (nSPS) is 10.0. The van der Waals surface area contributed by atoms with Crippen LogP contribution in [0, 0.1) is 0 Å². The Morgan fingerprint density at radius 2 is 1.91 bits per heavy atom. The van der Waals surface area contributed by atoms with E-state index in [1.807, 2.05) is 6.92 Å². The van der Waals surface area contributed by atoms with Crippen LogP contribution in [0.25, 0.3) is 11.2 Å². The number of esters is 2. The van der Waals surface area contributed by atoms with Gasteiger partial charge in [-0.1, -0.05) is 6.92 Å². The molecule has 0 bridgehead atoms. The molecule has 0 unspecified atom stereocenters. The number of carbonyl (C=O) groups excluding carboxylic acids is 2. The number of fused-ring (bicyclic) bond motifs is 1. The van der Waals surface area contributed by atoms with Crippen molar-refractivity contribution < 1.29 is 14.3 Å². The van der Waals surface area contributed by atoms with Gasteiger partial charge in [-0.05, 0) is 6.42 Å². The van der Waals surface area contributed by atoms with Crippen LogP contribution in [0.1, 0.15) is 26.7 Å². The molecule has 2 aromatic heterocycles. The summed E-state index contributed by atoms with van der Waals surface area (Å²) in [7, 11) is 3.01. The zero-order chi connectivity index (χ0) is 16.9. The summed E-state index contributed by atoms with van der Waals surface area (Å²) in [6.07, 6.45) is 2.43. The highest BCUT2D eigenvalue weighted by Crippen LogP contribution is 1.97. The molecule has 2 rings (SSSR count). The van der Waals surface area contributed by atoms with Crippen molar-refractivity contribution in [3.8, 4) is 0 Å². The van der Waals surface area contributed by atoms with E-state index in [1.165, 1.54) is 24.9 Å². The second-order valence-electron chi connectivity index (χ2n) is 4.52. The van der Waals surface area contributed by atoms with E-state index in [4.69, 9.17) is 0 Å². The Morgan fingerprint density at radius 3 is 2.45 bits per heavy atom. The summed E-state index contributed by atoms with van der Waals surface area (Å²) in [5, 5.41) is 0. The van der Waals surface area contributed by atoms with Crippen LogP contribution in [0.15, 0.2) is 15.9 Å². The fourth-order valence-corrected chi connectivity index (χ4v) is 1.68. The summed E-state index contributed by atoms with van der Waals surface area (Å²) >= 11 is 0. The number of rotatable bonds is 2. The quantitative estimate of drug-likeness (QED) is 0.608. The first-order valence-electron chi connectivity index (χ1n) is 6.59. The van der Waals surface area contributed by atoms with Gasteiger partial charge in [0.1, 0.15) is 5.52 Å². The van der Waals surface area contributed by atoms with Gasteiger partial charge in [-0.2, -0.15) is 0 Å². The Bertz CT molecular complexity index is 799. The number of aryl methyl sites for hydroxylation is 1. The minimum atomic E-state index is -0.534. The molecule has 9 nitrogen and oxygen atoms in total. The molecule has 0 saturated carbocycles. The number of hydrogen-bond donors (Lipinski definition) is 1. The third kappa shape index (κ3) is 3.90. The Hall–Kier alpha value is -2.71. The highest BCUT2D eigenvalue weighted by atomic mass is 16.6. The van der Waals surface area contributed by atoms with Crippen LogP contribution in [-0.2, 0) is 28.4 Å². The summed E-state index contributed by atoms with van der Waals surface area (Å²) in [5.41, 5.74) is 0.0119. The molecule has 0 atom stereocenters. The first-order chi connectivity index (χ1) is 10.3. The molecule has 2 heterocycles. The Morgan fingerprint density at radius 1 is 1.27 bits per heavy atom. The number of nitrogens with one attached hydrogen (secondary N) is 1. The number of aromatic nitrogens is 4. The second-order valence-corrected chi connectivity index (χ2v) is 4.52. The lowest BCUT2D eigenvalue weighted by molar-refractivity contribution is -0.158. The zero-order valence-corrected chi connectivity index (χ0v) is 12.9. The zero-order valence-electron chi connectivity index (χ0n) is 12.9. The van der Waals surface area contributed by atoms with Crippen molar-refractivity contribution in [1.82, 2.24) is 19.1 Å². The third-order valence-corrected chi connectivity index (χ3v) is 2.74. The third-order valence-electron chi connectivity index (χ3n) is 2.74. The first-order valence-corrected chi connectivity index (χ1v) is 6.59. The van der Waals surface area contributed by atoms with E-state index in [0.717, 1.165) is 4.57 Å². The van der Waals surface area contributed by atoms with E-state index in [9.17, 15) is 19.2 Å². The van der Waals surface area contributed by atoms with E-state index >= 15 is 0 Å². The van der Waals surface area contributed by atoms with Gasteiger partial charge < -0.3 is 9.72 Å². The van der Waals surface area contributed by atoms with Crippen molar-refractivity contribution in [3.63, 3.8) is 0 Å². The molecule has 0 fully saturated rings. The smallest absolute Gasteiger partial charge is 0.332 e. The minimum Gasteiger partial charge on any atom is -0.393 e. The van der Waals surface area contributed by atoms with Gasteiger partial charge in [-0.25, -0.2) is 9.78 Å². The molecule has 0 aliphatic carbocycles. The number of imidazole rings is 1. The highest BCUT2D eigenvalue weighted by molar-refractivity contribution is 5.83. The van der Waals surface area contributed by atoms with Crippen LogP contribution in [0.2, 0.25) is 0 Å². The maximum absolute atomic E-state index is 11.4. The Kier molecular flexibility index (Phi) is 5.79. The Labute approximate surface area is 125 Å². The summed E-state index contributed by atoms with van der Waals surface area (Å²) in [6.45, 7) is 3.06. The molecular formula is C13H18N4O5. The van der Waals surface area contributed by atoms with Crippen LogP contribution in [0.5, 0.6) is 0 Å².